The van der Waals surface area contributed by atoms with E-state index in [1.165, 1.54) is 18.4 Å². The molecule has 0 radical (unpaired) electrons. The Morgan fingerprint density at radius 2 is 1.85 bits per heavy atom. The number of likely N-dealkylation sites (N-methyl/N-ethyl adjacent to an activating group) is 1. The number of nitrogens with zero attached hydrogens (tertiary/aromatic N) is 1. The highest BCUT2D eigenvalue weighted by atomic mass is 79.9. The van der Waals surface area contributed by atoms with Gasteiger partial charge in [0.2, 0.25) is 0 Å². The van der Waals surface area contributed by atoms with Crippen molar-refractivity contribution in [1.29, 1.82) is 0 Å². The van der Waals surface area contributed by atoms with Crippen molar-refractivity contribution in [2.75, 3.05) is 13.6 Å². The zero-order chi connectivity index (χ0) is 19.0. The van der Waals surface area contributed by atoms with Crippen molar-refractivity contribution in [3.8, 4) is 0 Å². The Kier molecular flexibility index (Phi) is 5.13. The predicted molar refractivity (Wildman–Crippen MR) is 113 cm³/mol. The average Bonchev–Trinajstić information content (AvgIpc) is 2.67. The number of amides is 1. The van der Waals surface area contributed by atoms with Gasteiger partial charge in [0.05, 0.1) is 11.6 Å². The summed E-state index contributed by atoms with van der Waals surface area (Å²) in [6, 6.07) is 16.4. The van der Waals surface area contributed by atoms with Crippen LogP contribution in [0.5, 0.6) is 0 Å². The molecule has 2 aromatic carbocycles. The first-order chi connectivity index (χ1) is 13.0. The molecule has 0 aromatic heterocycles. The molecule has 3 aliphatic rings. The fraction of sp³-hybridized carbons (Fsp3) is 0.435. The van der Waals surface area contributed by atoms with Crippen molar-refractivity contribution >= 4 is 21.8 Å². The van der Waals surface area contributed by atoms with Gasteiger partial charge in [0.15, 0.2) is 0 Å². The van der Waals surface area contributed by atoms with Gasteiger partial charge in [0.1, 0.15) is 0 Å². The second-order valence-corrected chi connectivity index (χ2v) is 9.03. The molecule has 2 heterocycles. The summed E-state index contributed by atoms with van der Waals surface area (Å²) >= 11 is 3.57. The number of hydrogen-bond donors (Lipinski definition) is 1. The van der Waals surface area contributed by atoms with Crippen molar-refractivity contribution < 1.29 is 4.79 Å². The van der Waals surface area contributed by atoms with Crippen molar-refractivity contribution in [3.05, 3.63) is 69.7 Å². The second-order valence-electron chi connectivity index (χ2n) is 8.18. The molecule has 2 bridgehead atoms. The zero-order valence-electron chi connectivity index (χ0n) is 16.0. The number of hydrogen-bond acceptors (Lipinski definition) is 2. The number of carbonyl (C=O) groups excluding carboxylic acids is 1. The SMILES string of the molecule is Cc1cccc(Br)c1C(=O)NC(c1ccccc1)C12CCC(CC1)CN2C. The predicted octanol–water partition coefficient (Wildman–Crippen LogP) is 5.10. The monoisotopic (exact) mass is 426 g/mol. The normalized spacial score (nSPS) is 26.0. The molecule has 3 nitrogen and oxygen atoms in total. The van der Waals surface area contributed by atoms with Gasteiger partial charge in [0.25, 0.3) is 5.91 Å². The van der Waals surface area contributed by atoms with Gasteiger partial charge in [-0.25, -0.2) is 0 Å². The Balaban J connectivity index is 1.72. The van der Waals surface area contributed by atoms with E-state index < -0.39 is 0 Å². The van der Waals surface area contributed by atoms with Crippen LogP contribution in [0, 0.1) is 12.8 Å². The lowest BCUT2D eigenvalue weighted by Crippen LogP contribution is -2.62. The van der Waals surface area contributed by atoms with Gasteiger partial charge in [-0.2, -0.15) is 0 Å². The van der Waals surface area contributed by atoms with Crippen LogP contribution in [0.15, 0.2) is 53.0 Å². The van der Waals surface area contributed by atoms with Crippen molar-refractivity contribution in [1.82, 2.24) is 10.2 Å². The van der Waals surface area contributed by atoms with Crippen molar-refractivity contribution in [2.45, 2.75) is 44.2 Å². The van der Waals surface area contributed by atoms with Crippen LogP contribution in [-0.4, -0.2) is 29.9 Å². The summed E-state index contributed by atoms with van der Waals surface area (Å²) in [6.45, 7) is 3.13. The van der Waals surface area contributed by atoms with Gasteiger partial charge < -0.3 is 5.32 Å². The zero-order valence-corrected chi connectivity index (χ0v) is 17.6. The van der Waals surface area contributed by atoms with Gasteiger partial charge >= 0.3 is 0 Å². The number of aryl methyl sites for hydroxylation is 1. The fourth-order valence-electron chi connectivity index (χ4n) is 5.12. The number of fused-ring (bicyclic) bond motifs is 3. The molecule has 0 spiro atoms. The maximum Gasteiger partial charge on any atom is 0.253 e. The van der Waals surface area contributed by atoms with E-state index in [4.69, 9.17) is 0 Å². The third-order valence-corrected chi connectivity index (χ3v) is 7.32. The molecule has 2 aliphatic heterocycles. The topological polar surface area (TPSA) is 32.3 Å². The average molecular weight is 427 g/mol. The molecule has 1 unspecified atom stereocenters. The Morgan fingerprint density at radius 3 is 2.48 bits per heavy atom. The van der Waals surface area contributed by atoms with Gasteiger partial charge in [-0.15, -0.1) is 0 Å². The maximum absolute atomic E-state index is 13.3. The third-order valence-electron chi connectivity index (χ3n) is 6.66. The Hall–Kier alpha value is -1.65. The second kappa shape index (κ2) is 7.40. The number of benzene rings is 2. The van der Waals surface area contributed by atoms with Crippen LogP contribution < -0.4 is 5.32 Å². The third kappa shape index (κ3) is 3.34. The van der Waals surface area contributed by atoms with Gasteiger partial charge in [-0.3, -0.25) is 9.69 Å². The van der Waals surface area contributed by atoms with E-state index in [0.717, 1.165) is 40.9 Å². The standard InChI is InChI=1S/C23H27BrN2O/c1-16-7-6-10-19(24)20(16)22(27)25-21(18-8-4-3-5-9-18)23-13-11-17(12-14-23)15-26(23)2/h3-10,17,21H,11-15H2,1-2H3,(H,25,27). The Labute approximate surface area is 170 Å². The quantitative estimate of drug-likeness (QED) is 0.736. The molecule has 1 amide bonds. The summed E-state index contributed by atoms with van der Waals surface area (Å²) in [6.07, 6.45) is 4.81. The summed E-state index contributed by atoms with van der Waals surface area (Å²) in [5.74, 6) is 0.818. The molecule has 2 aromatic rings. The first-order valence-electron chi connectivity index (χ1n) is 9.83. The highest BCUT2D eigenvalue weighted by molar-refractivity contribution is 9.10. The molecule has 4 heteroatoms. The molecule has 1 saturated carbocycles. The van der Waals surface area contributed by atoms with E-state index in [1.54, 1.807) is 0 Å². The fourth-order valence-corrected chi connectivity index (χ4v) is 5.76. The highest BCUT2D eigenvalue weighted by Crippen LogP contribution is 2.49. The molecular weight excluding hydrogens is 400 g/mol. The van der Waals surface area contributed by atoms with E-state index in [2.05, 4.69) is 57.5 Å². The maximum atomic E-state index is 13.3. The molecule has 1 atom stereocenters. The highest BCUT2D eigenvalue weighted by Gasteiger charge is 2.50. The van der Waals surface area contributed by atoms with Crippen LogP contribution >= 0.6 is 15.9 Å². The molecule has 2 saturated heterocycles. The minimum absolute atomic E-state index is 0.000917. The van der Waals surface area contributed by atoms with E-state index in [-0.39, 0.29) is 17.5 Å². The number of nitrogens with one attached hydrogen (secondary N) is 1. The first kappa shape index (κ1) is 18.7. The van der Waals surface area contributed by atoms with Gasteiger partial charge in [0, 0.05) is 16.6 Å². The number of halogens is 1. The van der Waals surface area contributed by atoms with Gasteiger partial charge in [-0.1, -0.05) is 42.5 Å². The van der Waals surface area contributed by atoms with E-state index in [1.807, 2.05) is 31.2 Å². The molecule has 5 rings (SSSR count). The molecule has 27 heavy (non-hydrogen) atoms. The number of piperidine rings is 2. The van der Waals surface area contributed by atoms with E-state index in [0.29, 0.717) is 0 Å². The van der Waals surface area contributed by atoms with Crippen LogP contribution in [0.3, 0.4) is 0 Å². The minimum Gasteiger partial charge on any atom is -0.343 e. The Bertz CT molecular complexity index is 807. The number of rotatable bonds is 4. The first-order valence-corrected chi connectivity index (χ1v) is 10.6. The van der Waals surface area contributed by atoms with E-state index >= 15 is 0 Å². The van der Waals surface area contributed by atoms with Crippen molar-refractivity contribution in [3.63, 3.8) is 0 Å². The van der Waals surface area contributed by atoms with Crippen molar-refractivity contribution in [2.24, 2.45) is 5.92 Å². The number of carbonyl (C=O) groups is 1. The lowest BCUT2D eigenvalue weighted by atomic mass is 9.65. The van der Waals surface area contributed by atoms with E-state index in [9.17, 15) is 4.79 Å². The van der Waals surface area contributed by atoms with Crippen LogP contribution in [-0.2, 0) is 0 Å². The summed E-state index contributed by atoms with van der Waals surface area (Å²) in [5.41, 5.74) is 2.93. The molecule has 1 aliphatic carbocycles. The molecule has 142 valence electrons. The largest absolute Gasteiger partial charge is 0.343 e. The van der Waals surface area contributed by atoms with Crippen LogP contribution in [0.2, 0.25) is 0 Å². The van der Waals surface area contributed by atoms with Crippen LogP contribution in [0.1, 0.15) is 53.2 Å². The molecule has 3 fully saturated rings. The lowest BCUT2D eigenvalue weighted by molar-refractivity contribution is -0.0404. The van der Waals surface area contributed by atoms with Crippen LogP contribution in [0.25, 0.3) is 0 Å². The van der Waals surface area contributed by atoms with Crippen LogP contribution in [0.4, 0.5) is 0 Å². The smallest absolute Gasteiger partial charge is 0.253 e. The lowest BCUT2D eigenvalue weighted by Gasteiger charge is -2.57. The molecule has 1 N–H and O–H groups in total. The Morgan fingerprint density at radius 1 is 1.15 bits per heavy atom. The summed E-state index contributed by atoms with van der Waals surface area (Å²) in [5, 5.41) is 3.44. The summed E-state index contributed by atoms with van der Waals surface area (Å²) < 4.78 is 0.852. The summed E-state index contributed by atoms with van der Waals surface area (Å²) in [4.78, 5) is 15.8. The summed E-state index contributed by atoms with van der Waals surface area (Å²) in [7, 11) is 2.23. The van der Waals surface area contributed by atoms with Gasteiger partial charge in [-0.05, 0) is 78.7 Å². The molecular formula is C23H27BrN2O. The minimum atomic E-state index is -0.0102.